The number of nitrogen functional groups attached to an aromatic ring is 1. The Hall–Kier alpha value is -2.11. The molecule has 0 bridgehead atoms. The molecule has 0 fully saturated rings. The normalized spacial score (nSPS) is 11.7. The summed E-state index contributed by atoms with van der Waals surface area (Å²) in [7, 11) is -3.59. The van der Waals surface area contributed by atoms with Crippen molar-refractivity contribution in [2.45, 2.75) is 37.2 Å². The van der Waals surface area contributed by atoms with Crippen molar-refractivity contribution in [2.75, 3.05) is 31.2 Å². The van der Waals surface area contributed by atoms with Crippen LogP contribution < -0.4 is 11.2 Å². The van der Waals surface area contributed by atoms with Crippen molar-refractivity contribution in [3.8, 4) is 11.4 Å². The predicted molar refractivity (Wildman–Crippen MR) is 110 cm³/mol. The maximum Gasteiger partial charge on any atom is 0.243 e. The zero-order valence-electron chi connectivity index (χ0n) is 16.3. The van der Waals surface area contributed by atoms with E-state index in [0.29, 0.717) is 36.2 Å². The van der Waals surface area contributed by atoms with Crippen molar-refractivity contribution in [3.63, 3.8) is 0 Å². The van der Waals surface area contributed by atoms with Crippen LogP contribution >= 0.6 is 11.8 Å². The number of hydrogen-bond donors (Lipinski definition) is 2. The van der Waals surface area contributed by atoms with Crippen molar-refractivity contribution in [3.05, 3.63) is 24.3 Å². The first-order valence-corrected chi connectivity index (χ1v) is 11.5. The number of nitrogens with two attached hydrogens (primary N) is 1. The fraction of sp³-hybridized carbons (Fsp3) is 0.471. The van der Waals surface area contributed by atoms with E-state index in [0.717, 1.165) is 6.42 Å². The van der Waals surface area contributed by atoms with Gasteiger partial charge in [-0.15, -0.1) is 10.2 Å². The Morgan fingerprint density at radius 1 is 1.25 bits per heavy atom. The van der Waals surface area contributed by atoms with Gasteiger partial charge >= 0.3 is 0 Å². The molecule has 0 aliphatic carbocycles. The van der Waals surface area contributed by atoms with E-state index in [2.05, 4.69) is 15.5 Å². The number of carbonyl (C=O) groups is 1. The molecule has 0 saturated carbocycles. The fourth-order valence-corrected chi connectivity index (χ4v) is 4.72. The van der Waals surface area contributed by atoms with Gasteiger partial charge in [0.05, 0.1) is 10.6 Å². The topological polar surface area (TPSA) is 123 Å². The Labute approximate surface area is 169 Å². The molecule has 9 nitrogen and oxygen atoms in total. The molecule has 1 heterocycles. The minimum atomic E-state index is -3.59. The zero-order valence-corrected chi connectivity index (χ0v) is 17.9. The lowest BCUT2D eigenvalue weighted by Gasteiger charge is -2.18. The van der Waals surface area contributed by atoms with Gasteiger partial charge in [-0.25, -0.2) is 13.1 Å². The molecular formula is C17H26N6O3S2. The number of sulfonamides is 1. The van der Waals surface area contributed by atoms with Crippen molar-refractivity contribution >= 4 is 27.7 Å². The van der Waals surface area contributed by atoms with E-state index < -0.39 is 10.0 Å². The van der Waals surface area contributed by atoms with Crippen LogP contribution in [0, 0.1) is 0 Å². The van der Waals surface area contributed by atoms with Crippen molar-refractivity contribution in [1.29, 1.82) is 0 Å². The van der Waals surface area contributed by atoms with Crippen molar-refractivity contribution in [2.24, 2.45) is 0 Å². The summed E-state index contributed by atoms with van der Waals surface area (Å²) in [6.45, 7) is 6.95. The maximum absolute atomic E-state index is 12.7. The summed E-state index contributed by atoms with van der Waals surface area (Å²) in [5.74, 6) is 6.46. The molecule has 11 heteroatoms. The molecule has 154 valence electrons. The molecule has 0 atom stereocenters. The van der Waals surface area contributed by atoms with Gasteiger partial charge in [0.15, 0.2) is 5.82 Å². The lowest BCUT2D eigenvalue weighted by atomic mass is 10.2. The highest BCUT2D eigenvalue weighted by Crippen LogP contribution is 2.25. The summed E-state index contributed by atoms with van der Waals surface area (Å²) >= 11 is 1.17. The minimum absolute atomic E-state index is 0.108. The second-order valence-corrected chi connectivity index (χ2v) is 8.81. The quantitative estimate of drug-likeness (QED) is 0.434. The molecule has 0 aliphatic rings. The first-order valence-electron chi connectivity index (χ1n) is 9.05. The second-order valence-electron chi connectivity index (χ2n) is 5.93. The largest absolute Gasteiger partial charge is 0.355 e. The molecule has 2 aromatic rings. The van der Waals surface area contributed by atoms with E-state index in [1.54, 1.807) is 32.0 Å². The highest BCUT2D eigenvalue weighted by Gasteiger charge is 2.23. The molecule has 0 aliphatic heterocycles. The van der Waals surface area contributed by atoms with Gasteiger partial charge in [-0.3, -0.25) is 4.79 Å². The SMILES string of the molecule is CCCNC(=O)CSc1nnc(-c2cccc(S(=O)(=O)N(CC)CC)c2)n1N. The maximum atomic E-state index is 12.7. The van der Waals surface area contributed by atoms with E-state index >= 15 is 0 Å². The number of carbonyl (C=O) groups excluding carboxylic acids is 1. The van der Waals surface area contributed by atoms with Gasteiger partial charge in [-0.2, -0.15) is 4.31 Å². The Balaban J connectivity index is 2.23. The number of hydrogen-bond acceptors (Lipinski definition) is 7. The molecule has 1 aromatic heterocycles. The van der Waals surface area contributed by atoms with Crippen LogP contribution in [0.15, 0.2) is 34.3 Å². The van der Waals surface area contributed by atoms with Crippen molar-refractivity contribution < 1.29 is 13.2 Å². The number of aromatic nitrogens is 3. The van der Waals surface area contributed by atoms with Crippen LogP contribution in [-0.4, -0.2) is 58.9 Å². The fourth-order valence-electron chi connectivity index (χ4n) is 2.53. The molecule has 1 amide bonds. The van der Waals surface area contributed by atoms with Crippen LogP contribution in [0.25, 0.3) is 11.4 Å². The first kappa shape index (κ1) is 22.2. The molecular weight excluding hydrogens is 400 g/mol. The molecule has 2 rings (SSSR count). The Morgan fingerprint density at radius 3 is 2.61 bits per heavy atom. The van der Waals surface area contributed by atoms with Crippen LogP contribution in [0.3, 0.4) is 0 Å². The van der Waals surface area contributed by atoms with Gasteiger partial charge in [0.25, 0.3) is 0 Å². The molecule has 0 saturated heterocycles. The van der Waals surface area contributed by atoms with Gasteiger partial charge in [-0.1, -0.05) is 44.7 Å². The summed E-state index contributed by atoms with van der Waals surface area (Å²) in [4.78, 5) is 11.9. The van der Waals surface area contributed by atoms with E-state index in [1.807, 2.05) is 6.92 Å². The van der Waals surface area contributed by atoms with Crippen LogP contribution in [0.1, 0.15) is 27.2 Å². The number of thioether (sulfide) groups is 1. The highest BCUT2D eigenvalue weighted by molar-refractivity contribution is 7.99. The zero-order chi connectivity index (χ0) is 20.7. The number of nitrogens with one attached hydrogen (secondary N) is 1. The average Bonchev–Trinajstić information content (AvgIpc) is 3.06. The Kier molecular flexibility index (Phi) is 7.84. The van der Waals surface area contributed by atoms with Crippen LogP contribution in [0.2, 0.25) is 0 Å². The third kappa shape index (κ3) is 5.03. The average molecular weight is 427 g/mol. The van der Waals surface area contributed by atoms with Gasteiger partial charge in [0.2, 0.25) is 21.1 Å². The summed E-state index contributed by atoms with van der Waals surface area (Å²) in [6, 6.07) is 6.44. The number of nitrogens with zero attached hydrogens (tertiary/aromatic N) is 4. The van der Waals surface area contributed by atoms with Gasteiger partial charge in [0.1, 0.15) is 0 Å². The van der Waals surface area contributed by atoms with Gasteiger partial charge < -0.3 is 11.2 Å². The first-order chi connectivity index (χ1) is 13.3. The smallest absolute Gasteiger partial charge is 0.243 e. The van der Waals surface area contributed by atoms with Gasteiger partial charge in [0, 0.05) is 25.2 Å². The third-order valence-electron chi connectivity index (χ3n) is 4.00. The van der Waals surface area contributed by atoms with Crippen LogP contribution in [0.4, 0.5) is 0 Å². The molecule has 28 heavy (non-hydrogen) atoms. The van der Waals surface area contributed by atoms with Crippen LogP contribution in [-0.2, 0) is 14.8 Å². The molecule has 1 aromatic carbocycles. The summed E-state index contributed by atoms with van der Waals surface area (Å²) in [5, 5.41) is 11.2. The predicted octanol–water partition coefficient (Wildman–Crippen LogP) is 1.31. The number of benzene rings is 1. The summed E-state index contributed by atoms with van der Waals surface area (Å²) in [6.07, 6.45) is 0.861. The van der Waals surface area contributed by atoms with Gasteiger partial charge in [-0.05, 0) is 18.6 Å². The minimum Gasteiger partial charge on any atom is -0.355 e. The standard InChI is InChI=1S/C17H26N6O3S2/c1-4-10-19-15(24)12-27-17-21-20-16(23(17)18)13-8-7-9-14(11-13)28(25,26)22(5-2)6-3/h7-9,11H,4-6,10,12,18H2,1-3H3,(H,19,24). The molecule has 0 unspecified atom stereocenters. The molecule has 0 radical (unpaired) electrons. The molecule has 3 N–H and O–H groups in total. The second kappa shape index (κ2) is 9.89. The van der Waals surface area contributed by atoms with E-state index in [1.165, 1.54) is 26.8 Å². The van der Waals surface area contributed by atoms with E-state index in [-0.39, 0.29) is 16.6 Å². The monoisotopic (exact) mass is 426 g/mol. The molecule has 0 spiro atoms. The van der Waals surface area contributed by atoms with E-state index in [9.17, 15) is 13.2 Å². The lowest BCUT2D eigenvalue weighted by molar-refractivity contribution is -0.118. The Bertz CT molecular complexity index is 909. The Morgan fingerprint density at radius 2 is 1.96 bits per heavy atom. The summed E-state index contributed by atoms with van der Waals surface area (Å²) < 4.78 is 28.1. The summed E-state index contributed by atoms with van der Waals surface area (Å²) in [5.41, 5.74) is 0.533. The third-order valence-corrected chi connectivity index (χ3v) is 6.99. The number of amides is 1. The van der Waals surface area contributed by atoms with Crippen molar-refractivity contribution in [1.82, 2.24) is 24.5 Å². The lowest BCUT2D eigenvalue weighted by Crippen LogP contribution is -2.30. The van der Waals surface area contributed by atoms with E-state index in [4.69, 9.17) is 5.84 Å². The van der Waals surface area contributed by atoms with Crippen LogP contribution in [0.5, 0.6) is 0 Å². The number of rotatable bonds is 10. The highest BCUT2D eigenvalue weighted by atomic mass is 32.2.